The van der Waals surface area contributed by atoms with Crippen molar-refractivity contribution in [2.45, 2.75) is 19.3 Å². The second-order valence-corrected chi connectivity index (χ2v) is 3.33. The number of amides is 1. The second-order valence-electron chi connectivity index (χ2n) is 3.33. The minimum absolute atomic E-state index is 0.285. The number of rotatable bonds is 5. The molecule has 1 aromatic rings. The van der Waals surface area contributed by atoms with Crippen molar-refractivity contribution < 1.29 is 18.0 Å². The van der Waals surface area contributed by atoms with E-state index in [9.17, 15) is 18.0 Å². The van der Waals surface area contributed by atoms with Gasteiger partial charge in [0.1, 0.15) is 13.1 Å². The van der Waals surface area contributed by atoms with Crippen LogP contribution in [0.4, 0.5) is 13.2 Å². The molecule has 0 bridgehead atoms. The Labute approximate surface area is 95.2 Å². The van der Waals surface area contributed by atoms with Crippen LogP contribution >= 0.6 is 0 Å². The van der Waals surface area contributed by atoms with Gasteiger partial charge in [-0.15, -0.1) is 5.10 Å². The van der Waals surface area contributed by atoms with Crippen LogP contribution in [0.25, 0.3) is 0 Å². The summed E-state index contributed by atoms with van der Waals surface area (Å²) in [4.78, 5) is 11.1. The van der Waals surface area contributed by atoms with Gasteiger partial charge in [0, 0.05) is 6.54 Å². The first kappa shape index (κ1) is 13.4. The lowest BCUT2D eigenvalue weighted by atomic mass is 10.4. The Bertz CT molecular complexity index is 375. The number of halogens is 3. The number of hydrogen-bond donors (Lipinski definition) is 2. The minimum Gasteiger partial charge on any atom is -0.345 e. The highest BCUT2D eigenvalue weighted by Gasteiger charge is 2.27. The fourth-order valence-corrected chi connectivity index (χ4v) is 1.08. The van der Waals surface area contributed by atoms with Gasteiger partial charge in [-0.2, -0.15) is 13.2 Å². The molecular weight excluding hydrogens is 239 g/mol. The first-order chi connectivity index (χ1) is 7.90. The average molecular weight is 251 g/mol. The lowest BCUT2D eigenvalue weighted by Gasteiger charge is -2.07. The molecule has 0 spiro atoms. The molecule has 96 valence electrons. The Balaban J connectivity index is 2.39. The fourth-order valence-electron chi connectivity index (χ4n) is 1.08. The molecule has 1 rings (SSSR count). The smallest absolute Gasteiger partial charge is 0.345 e. The summed E-state index contributed by atoms with van der Waals surface area (Å²) in [5.41, 5.74) is 0.608. The first-order valence-electron chi connectivity index (χ1n) is 4.78. The molecular formula is C8H12F3N5O. The Morgan fingerprint density at radius 1 is 1.53 bits per heavy atom. The van der Waals surface area contributed by atoms with Gasteiger partial charge in [0.2, 0.25) is 5.91 Å². The number of hydrogen-bond acceptors (Lipinski definition) is 4. The van der Waals surface area contributed by atoms with Gasteiger partial charge in [0.25, 0.3) is 0 Å². The monoisotopic (exact) mass is 251 g/mol. The van der Waals surface area contributed by atoms with Crippen LogP contribution in [0, 0.1) is 0 Å². The van der Waals surface area contributed by atoms with Gasteiger partial charge in [-0.25, -0.2) is 4.68 Å². The van der Waals surface area contributed by atoms with Crippen molar-refractivity contribution in [1.82, 2.24) is 25.6 Å². The third kappa shape index (κ3) is 5.29. The molecule has 0 fully saturated rings. The average Bonchev–Trinajstić information content (AvgIpc) is 2.62. The summed E-state index contributed by atoms with van der Waals surface area (Å²) in [5, 5.41) is 11.9. The zero-order valence-electron chi connectivity index (χ0n) is 9.08. The van der Waals surface area contributed by atoms with Crippen LogP contribution in [0.5, 0.6) is 0 Å². The molecule has 0 saturated carbocycles. The molecule has 0 unspecified atom stereocenters. The van der Waals surface area contributed by atoms with Gasteiger partial charge in [-0.1, -0.05) is 5.21 Å². The Kier molecular flexibility index (Phi) is 4.44. The third-order valence-corrected chi connectivity index (χ3v) is 1.74. The number of carbonyl (C=O) groups is 1. The van der Waals surface area contributed by atoms with Crippen LogP contribution in [0.15, 0.2) is 6.20 Å². The van der Waals surface area contributed by atoms with Crippen molar-refractivity contribution in [2.24, 2.45) is 0 Å². The molecule has 1 heterocycles. The summed E-state index contributed by atoms with van der Waals surface area (Å²) in [6.07, 6.45) is -2.92. The Morgan fingerprint density at radius 3 is 2.82 bits per heavy atom. The van der Waals surface area contributed by atoms with Crippen LogP contribution in [-0.4, -0.2) is 40.7 Å². The van der Waals surface area contributed by atoms with Crippen LogP contribution in [0.2, 0.25) is 0 Å². The summed E-state index contributed by atoms with van der Waals surface area (Å²) >= 11 is 0. The van der Waals surface area contributed by atoms with Crippen molar-refractivity contribution in [2.75, 3.05) is 13.6 Å². The lowest BCUT2D eigenvalue weighted by molar-refractivity contribution is -0.138. The maximum atomic E-state index is 11.8. The van der Waals surface area contributed by atoms with Gasteiger partial charge in [-0.05, 0) is 7.05 Å². The molecule has 1 aromatic heterocycles. The maximum Gasteiger partial charge on any atom is 0.405 e. The van der Waals surface area contributed by atoms with Gasteiger partial charge in [0.05, 0.1) is 11.9 Å². The quantitative estimate of drug-likeness (QED) is 0.752. The minimum atomic E-state index is -4.41. The molecule has 1 amide bonds. The van der Waals surface area contributed by atoms with Crippen molar-refractivity contribution >= 4 is 5.91 Å². The number of carbonyl (C=O) groups excluding carboxylic acids is 1. The molecule has 0 aliphatic heterocycles. The highest BCUT2D eigenvalue weighted by molar-refractivity contribution is 5.75. The molecule has 2 N–H and O–H groups in total. The molecule has 17 heavy (non-hydrogen) atoms. The maximum absolute atomic E-state index is 11.8. The van der Waals surface area contributed by atoms with Crippen molar-refractivity contribution in [3.63, 3.8) is 0 Å². The van der Waals surface area contributed by atoms with Crippen LogP contribution in [0.3, 0.4) is 0 Å². The summed E-state index contributed by atoms with van der Waals surface area (Å²) in [5.74, 6) is -0.761. The first-order valence-corrected chi connectivity index (χ1v) is 4.78. The molecule has 6 nitrogen and oxygen atoms in total. The van der Waals surface area contributed by atoms with Gasteiger partial charge in [0.15, 0.2) is 0 Å². The lowest BCUT2D eigenvalue weighted by Crippen LogP contribution is -2.35. The van der Waals surface area contributed by atoms with E-state index in [1.54, 1.807) is 12.4 Å². The Hall–Kier alpha value is -1.64. The molecule has 0 radical (unpaired) electrons. The summed E-state index contributed by atoms with van der Waals surface area (Å²) in [6.45, 7) is -1.15. The van der Waals surface area contributed by atoms with Crippen LogP contribution in [-0.2, 0) is 17.9 Å². The second kappa shape index (κ2) is 5.62. The SMILES string of the molecule is CNCc1cn(CC(=O)NCC(F)(F)F)nn1. The summed E-state index contributed by atoms with van der Waals surface area (Å²) in [6, 6.07) is 0. The largest absolute Gasteiger partial charge is 0.405 e. The number of alkyl halides is 3. The Morgan fingerprint density at radius 2 is 2.24 bits per heavy atom. The van der Waals surface area contributed by atoms with Gasteiger partial charge < -0.3 is 10.6 Å². The van der Waals surface area contributed by atoms with Gasteiger partial charge in [-0.3, -0.25) is 4.79 Å². The van der Waals surface area contributed by atoms with Crippen LogP contribution < -0.4 is 10.6 Å². The van der Waals surface area contributed by atoms with E-state index in [1.165, 1.54) is 10.9 Å². The number of nitrogens with zero attached hydrogens (tertiary/aromatic N) is 3. The van der Waals surface area contributed by atoms with E-state index in [-0.39, 0.29) is 6.54 Å². The summed E-state index contributed by atoms with van der Waals surface area (Å²) in [7, 11) is 1.72. The van der Waals surface area contributed by atoms with E-state index in [4.69, 9.17) is 0 Å². The zero-order chi connectivity index (χ0) is 12.9. The molecule has 0 aliphatic rings. The van der Waals surface area contributed by atoms with Crippen molar-refractivity contribution in [1.29, 1.82) is 0 Å². The zero-order valence-corrected chi connectivity index (χ0v) is 9.08. The van der Waals surface area contributed by atoms with Crippen molar-refractivity contribution in [3.8, 4) is 0 Å². The standard InChI is InChI=1S/C8H12F3N5O/c1-12-2-6-3-16(15-14-6)4-7(17)13-5-8(9,10)11/h3,12H,2,4-5H2,1H3,(H,13,17). The predicted molar refractivity (Wildman–Crippen MR) is 51.9 cm³/mol. The normalized spacial score (nSPS) is 11.5. The van der Waals surface area contributed by atoms with Crippen molar-refractivity contribution in [3.05, 3.63) is 11.9 Å². The van der Waals surface area contributed by atoms with E-state index < -0.39 is 18.6 Å². The predicted octanol–water partition coefficient (Wildman–Crippen LogP) is -0.324. The van der Waals surface area contributed by atoms with E-state index in [0.29, 0.717) is 12.2 Å². The molecule has 0 saturated heterocycles. The topological polar surface area (TPSA) is 71.8 Å². The van der Waals surface area contributed by atoms with E-state index in [2.05, 4.69) is 15.6 Å². The third-order valence-electron chi connectivity index (χ3n) is 1.74. The molecule has 0 atom stereocenters. The number of aromatic nitrogens is 3. The van der Waals surface area contributed by atoms with Crippen LogP contribution in [0.1, 0.15) is 5.69 Å². The van der Waals surface area contributed by atoms with E-state index in [0.717, 1.165) is 0 Å². The van der Waals surface area contributed by atoms with E-state index >= 15 is 0 Å². The highest BCUT2D eigenvalue weighted by Crippen LogP contribution is 2.11. The summed E-state index contributed by atoms with van der Waals surface area (Å²) < 4.78 is 36.6. The fraction of sp³-hybridized carbons (Fsp3) is 0.625. The highest BCUT2D eigenvalue weighted by atomic mass is 19.4. The molecule has 0 aliphatic carbocycles. The molecule has 9 heteroatoms. The molecule has 0 aromatic carbocycles. The van der Waals surface area contributed by atoms with Gasteiger partial charge >= 0.3 is 6.18 Å². The number of nitrogens with one attached hydrogen (secondary N) is 2. The van der Waals surface area contributed by atoms with E-state index in [1.807, 2.05) is 0 Å².